The van der Waals surface area contributed by atoms with Gasteiger partial charge in [-0.1, -0.05) is 6.92 Å². The molecule has 1 unspecified atom stereocenters. The fourth-order valence-electron chi connectivity index (χ4n) is 3.13. The molecule has 3 N–H and O–H groups in total. The van der Waals surface area contributed by atoms with Crippen molar-refractivity contribution in [2.75, 3.05) is 46.3 Å². The molecule has 0 spiro atoms. The number of nitrogens with one attached hydrogen (secondary N) is 1. The summed E-state index contributed by atoms with van der Waals surface area (Å²) in [5, 5.41) is 0. The molecule has 6 nitrogen and oxygen atoms in total. The summed E-state index contributed by atoms with van der Waals surface area (Å²) in [6.45, 7) is 6.54. The Hall–Kier alpha value is -0.210. The van der Waals surface area contributed by atoms with Crippen LogP contribution in [0.4, 0.5) is 0 Å². The summed E-state index contributed by atoms with van der Waals surface area (Å²) in [5.41, 5.74) is 5.76. The van der Waals surface area contributed by atoms with Crippen molar-refractivity contribution in [3.63, 3.8) is 0 Å². The van der Waals surface area contributed by atoms with Crippen LogP contribution in [0.1, 0.15) is 32.6 Å². The summed E-state index contributed by atoms with van der Waals surface area (Å²) in [4.78, 5) is 2.30. The van der Waals surface area contributed by atoms with Gasteiger partial charge in [-0.25, -0.2) is 4.72 Å². The molecular weight excluding hydrogens is 288 g/mol. The van der Waals surface area contributed by atoms with Crippen LogP contribution in [0.3, 0.4) is 0 Å². The van der Waals surface area contributed by atoms with Gasteiger partial charge in [0.05, 0.1) is 0 Å². The Morgan fingerprint density at radius 1 is 1.29 bits per heavy atom. The zero-order valence-corrected chi connectivity index (χ0v) is 14.2. The number of nitrogens with two attached hydrogens (primary N) is 1. The summed E-state index contributed by atoms with van der Waals surface area (Å²) in [7, 11) is -1.25. The standard InChI is InChI=1S/C14H30N4O2S/c1-14(5-8-17(2)9-6-14)12-16-21(19,20)18-7-3-4-13(10-15)11-18/h13,16H,3-12,15H2,1-2H3. The highest BCUT2D eigenvalue weighted by Gasteiger charge is 2.33. The van der Waals surface area contributed by atoms with E-state index in [1.54, 1.807) is 4.31 Å². The van der Waals surface area contributed by atoms with Crippen LogP contribution in [-0.2, 0) is 10.2 Å². The van der Waals surface area contributed by atoms with E-state index < -0.39 is 10.2 Å². The van der Waals surface area contributed by atoms with Crippen molar-refractivity contribution in [1.82, 2.24) is 13.9 Å². The van der Waals surface area contributed by atoms with Crippen LogP contribution in [0.25, 0.3) is 0 Å². The number of hydrogen-bond donors (Lipinski definition) is 2. The second-order valence-corrected chi connectivity index (χ2v) is 8.80. The molecule has 0 saturated carbocycles. The Kier molecular flexibility index (Phi) is 5.65. The third-order valence-corrected chi connectivity index (χ3v) is 6.55. The summed E-state index contributed by atoms with van der Waals surface area (Å²) in [6, 6.07) is 0. The average molecular weight is 318 g/mol. The summed E-state index contributed by atoms with van der Waals surface area (Å²) in [6.07, 6.45) is 4.02. The van der Waals surface area contributed by atoms with Gasteiger partial charge in [0.25, 0.3) is 10.2 Å². The quantitative estimate of drug-likeness (QED) is 0.760. The molecule has 2 aliphatic heterocycles. The topological polar surface area (TPSA) is 78.7 Å². The van der Waals surface area contributed by atoms with E-state index in [0.717, 1.165) is 38.8 Å². The summed E-state index contributed by atoms with van der Waals surface area (Å²) in [5.74, 6) is 0.300. The van der Waals surface area contributed by atoms with Crippen molar-refractivity contribution < 1.29 is 8.42 Å². The highest BCUT2D eigenvalue weighted by Crippen LogP contribution is 2.30. The molecule has 0 aliphatic carbocycles. The number of nitrogens with zero attached hydrogens (tertiary/aromatic N) is 2. The van der Waals surface area contributed by atoms with Gasteiger partial charge in [-0.15, -0.1) is 0 Å². The van der Waals surface area contributed by atoms with Gasteiger partial charge in [0.2, 0.25) is 0 Å². The minimum absolute atomic E-state index is 0.0721. The van der Waals surface area contributed by atoms with Gasteiger partial charge in [-0.2, -0.15) is 12.7 Å². The van der Waals surface area contributed by atoms with Crippen LogP contribution < -0.4 is 10.5 Å². The first-order chi connectivity index (χ1) is 9.85. The van der Waals surface area contributed by atoms with E-state index in [2.05, 4.69) is 23.6 Å². The fourth-order valence-corrected chi connectivity index (χ4v) is 4.62. The lowest BCUT2D eigenvalue weighted by molar-refractivity contribution is 0.142. The lowest BCUT2D eigenvalue weighted by atomic mass is 9.81. The zero-order chi connectivity index (χ0) is 15.5. The number of piperidine rings is 2. The van der Waals surface area contributed by atoms with Crippen LogP contribution in [0.2, 0.25) is 0 Å². The van der Waals surface area contributed by atoms with E-state index in [1.165, 1.54) is 0 Å². The molecule has 124 valence electrons. The van der Waals surface area contributed by atoms with Crippen LogP contribution in [0.15, 0.2) is 0 Å². The third kappa shape index (κ3) is 4.63. The molecule has 21 heavy (non-hydrogen) atoms. The Balaban J connectivity index is 1.89. The molecule has 2 saturated heterocycles. The summed E-state index contributed by atoms with van der Waals surface area (Å²) >= 11 is 0. The maximum atomic E-state index is 12.5. The molecule has 1 atom stereocenters. The normalized spacial score (nSPS) is 28.6. The van der Waals surface area contributed by atoms with Crippen molar-refractivity contribution in [2.24, 2.45) is 17.1 Å². The number of likely N-dealkylation sites (tertiary alicyclic amines) is 1. The molecule has 2 heterocycles. The van der Waals surface area contributed by atoms with Crippen LogP contribution >= 0.6 is 0 Å². The Morgan fingerprint density at radius 2 is 1.95 bits per heavy atom. The first-order valence-corrected chi connectivity index (χ1v) is 9.42. The van der Waals surface area contributed by atoms with Gasteiger partial charge >= 0.3 is 0 Å². The largest absolute Gasteiger partial charge is 0.330 e. The van der Waals surface area contributed by atoms with Crippen LogP contribution in [0.5, 0.6) is 0 Å². The van der Waals surface area contributed by atoms with E-state index in [1.807, 2.05) is 0 Å². The Morgan fingerprint density at radius 3 is 2.57 bits per heavy atom. The molecule has 0 aromatic rings. The van der Waals surface area contributed by atoms with E-state index in [-0.39, 0.29) is 5.41 Å². The van der Waals surface area contributed by atoms with Gasteiger partial charge < -0.3 is 10.6 Å². The highest BCUT2D eigenvalue weighted by atomic mass is 32.2. The second kappa shape index (κ2) is 6.91. The van der Waals surface area contributed by atoms with Gasteiger partial charge in [0, 0.05) is 19.6 Å². The molecule has 2 rings (SSSR count). The molecular formula is C14H30N4O2S. The lowest BCUT2D eigenvalue weighted by Gasteiger charge is -2.39. The molecule has 2 aliphatic rings. The second-order valence-electron chi connectivity index (χ2n) is 7.04. The van der Waals surface area contributed by atoms with Crippen molar-refractivity contribution in [3.8, 4) is 0 Å². The van der Waals surface area contributed by atoms with Gasteiger partial charge in [0.1, 0.15) is 0 Å². The number of hydrogen-bond acceptors (Lipinski definition) is 4. The highest BCUT2D eigenvalue weighted by molar-refractivity contribution is 7.87. The molecule has 2 fully saturated rings. The Bertz CT molecular complexity index is 432. The minimum Gasteiger partial charge on any atom is -0.330 e. The molecule has 0 bridgehead atoms. The van der Waals surface area contributed by atoms with Gasteiger partial charge in [0.15, 0.2) is 0 Å². The van der Waals surface area contributed by atoms with Crippen molar-refractivity contribution >= 4 is 10.2 Å². The average Bonchev–Trinajstić information content (AvgIpc) is 2.49. The molecule has 0 aromatic heterocycles. The first kappa shape index (κ1) is 17.1. The zero-order valence-electron chi connectivity index (χ0n) is 13.3. The van der Waals surface area contributed by atoms with Crippen LogP contribution in [-0.4, -0.2) is 63.9 Å². The smallest absolute Gasteiger partial charge is 0.279 e. The predicted octanol–water partition coefficient (Wildman–Crippen LogP) is 0.223. The SMILES string of the molecule is CN1CCC(C)(CNS(=O)(=O)N2CCCC(CN)C2)CC1. The van der Waals surface area contributed by atoms with E-state index in [9.17, 15) is 8.42 Å². The van der Waals surface area contributed by atoms with Crippen molar-refractivity contribution in [1.29, 1.82) is 0 Å². The third-order valence-electron chi connectivity index (χ3n) is 5.03. The lowest BCUT2D eigenvalue weighted by Crippen LogP contribution is -2.50. The monoisotopic (exact) mass is 318 g/mol. The Labute approximate surface area is 129 Å². The molecule has 0 amide bonds. The molecule has 0 aromatic carbocycles. The maximum absolute atomic E-state index is 12.5. The number of rotatable bonds is 5. The van der Waals surface area contributed by atoms with Crippen molar-refractivity contribution in [3.05, 3.63) is 0 Å². The van der Waals surface area contributed by atoms with Crippen molar-refractivity contribution in [2.45, 2.75) is 32.6 Å². The molecule has 7 heteroatoms. The van der Waals surface area contributed by atoms with Gasteiger partial charge in [-0.3, -0.25) is 0 Å². The summed E-state index contributed by atoms with van der Waals surface area (Å²) < 4.78 is 29.3. The van der Waals surface area contributed by atoms with Gasteiger partial charge in [-0.05, 0) is 63.7 Å². The molecule has 0 radical (unpaired) electrons. The fraction of sp³-hybridized carbons (Fsp3) is 1.00. The van der Waals surface area contributed by atoms with Crippen LogP contribution in [0, 0.1) is 11.3 Å². The minimum atomic E-state index is -3.36. The van der Waals surface area contributed by atoms with E-state index in [4.69, 9.17) is 5.73 Å². The predicted molar refractivity (Wildman–Crippen MR) is 85.1 cm³/mol. The first-order valence-electron chi connectivity index (χ1n) is 7.98. The maximum Gasteiger partial charge on any atom is 0.279 e. The van der Waals surface area contributed by atoms with E-state index >= 15 is 0 Å². The van der Waals surface area contributed by atoms with E-state index in [0.29, 0.717) is 32.1 Å².